The minimum Gasteiger partial charge on any atom is -0.496 e. The molecule has 0 saturated carbocycles. The molecule has 0 saturated heterocycles. The number of thioether (sulfide) groups is 1. The highest BCUT2D eigenvalue weighted by Crippen LogP contribution is 2.22. The van der Waals surface area contributed by atoms with Gasteiger partial charge >= 0.3 is 0 Å². The van der Waals surface area contributed by atoms with Crippen LogP contribution in [0.2, 0.25) is 0 Å². The largest absolute Gasteiger partial charge is 0.496 e. The summed E-state index contributed by atoms with van der Waals surface area (Å²) in [5.74, 6) is 0.279. The van der Waals surface area contributed by atoms with Crippen LogP contribution in [0.15, 0.2) is 58.5 Å². The average molecular weight is 355 g/mol. The molecule has 3 aromatic rings. The third kappa shape index (κ3) is 3.66. The molecule has 2 aromatic carbocycles. The number of para-hydroxylation sites is 2. The number of primary amides is 1. The summed E-state index contributed by atoms with van der Waals surface area (Å²) in [6.45, 7) is 0.293. The number of ether oxygens (including phenoxy) is 1. The van der Waals surface area contributed by atoms with Gasteiger partial charge in [-0.2, -0.15) is 0 Å². The van der Waals surface area contributed by atoms with E-state index in [1.165, 1.54) is 0 Å². The molecule has 3 rings (SSSR count). The van der Waals surface area contributed by atoms with E-state index in [4.69, 9.17) is 10.5 Å². The van der Waals surface area contributed by atoms with Crippen molar-refractivity contribution in [3.05, 3.63) is 64.4 Å². The van der Waals surface area contributed by atoms with Gasteiger partial charge in [0.1, 0.15) is 5.75 Å². The smallest absolute Gasteiger partial charge is 0.262 e. The van der Waals surface area contributed by atoms with Crippen LogP contribution in [-0.4, -0.2) is 28.3 Å². The number of nitrogens with zero attached hydrogens (tertiary/aromatic N) is 2. The predicted molar refractivity (Wildman–Crippen MR) is 98.0 cm³/mol. The molecule has 0 aliphatic carbocycles. The molecule has 2 N–H and O–H groups in total. The van der Waals surface area contributed by atoms with Crippen molar-refractivity contribution in [3.63, 3.8) is 0 Å². The van der Waals surface area contributed by atoms with E-state index >= 15 is 0 Å². The number of nitrogens with two attached hydrogens (primary N) is 1. The molecular formula is C18H17N3O3S. The van der Waals surface area contributed by atoms with Gasteiger partial charge in [-0.3, -0.25) is 14.2 Å². The molecule has 0 radical (unpaired) electrons. The van der Waals surface area contributed by atoms with Gasteiger partial charge in [0.2, 0.25) is 5.91 Å². The summed E-state index contributed by atoms with van der Waals surface area (Å²) in [6.07, 6.45) is 0. The Morgan fingerprint density at radius 3 is 2.68 bits per heavy atom. The fourth-order valence-corrected chi connectivity index (χ4v) is 3.27. The Kier molecular flexibility index (Phi) is 5.04. The monoisotopic (exact) mass is 355 g/mol. The summed E-state index contributed by atoms with van der Waals surface area (Å²) in [7, 11) is 1.59. The third-order valence-corrected chi connectivity index (χ3v) is 4.69. The highest BCUT2D eigenvalue weighted by atomic mass is 32.2. The first-order valence-corrected chi connectivity index (χ1v) is 8.61. The van der Waals surface area contributed by atoms with E-state index in [0.29, 0.717) is 28.4 Å². The lowest BCUT2D eigenvalue weighted by atomic mass is 10.2. The van der Waals surface area contributed by atoms with E-state index < -0.39 is 5.91 Å². The Morgan fingerprint density at radius 1 is 1.20 bits per heavy atom. The summed E-state index contributed by atoms with van der Waals surface area (Å²) in [5, 5.41) is 0.981. The van der Waals surface area contributed by atoms with Gasteiger partial charge in [0.15, 0.2) is 5.16 Å². The maximum absolute atomic E-state index is 13.0. The fourth-order valence-electron chi connectivity index (χ4n) is 2.54. The number of methoxy groups -OCH3 is 1. The maximum Gasteiger partial charge on any atom is 0.262 e. The molecule has 25 heavy (non-hydrogen) atoms. The number of hydrogen-bond acceptors (Lipinski definition) is 5. The second-order valence-electron chi connectivity index (χ2n) is 5.37. The molecule has 0 spiro atoms. The summed E-state index contributed by atoms with van der Waals surface area (Å²) in [6, 6.07) is 14.6. The van der Waals surface area contributed by atoms with Crippen LogP contribution in [0, 0.1) is 0 Å². The molecule has 0 aliphatic heterocycles. The minimum atomic E-state index is -0.462. The molecule has 0 bridgehead atoms. The van der Waals surface area contributed by atoms with Gasteiger partial charge < -0.3 is 10.5 Å². The summed E-state index contributed by atoms with van der Waals surface area (Å²) < 4.78 is 6.92. The van der Waals surface area contributed by atoms with Gasteiger partial charge in [-0.25, -0.2) is 4.98 Å². The lowest BCUT2D eigenvalue weighted by Crippen LogP contribution is -2.25. The van der Waals surface area contributed by atoms with Gasteiger partial charge in [-0.05, 0) is 18.2 Å². The number of carbonyl (C=O) groups excluding carboxylic acids is 1. The molecule has 0 aliphatic rings. The zero-order chi connectivity index (χ0) is 17.8. The maximum atomic E-state index is 13.0. The van der Waals surface area contributed by atoms with Crippen molar-refractivity contribution in [3.8, 4) is 5.75 Å². The molecule has 1 aromatic heterocycles. The van der Waals surface area contributed by atoms with E-state index in [-0.39, 0.29) is 11.3 Å². The Bertz CT molecular complexity index is 985. The van der Waals surface area contributed by atoms with Gasteiger partial charge in [0.05, 0.1) is 30.3 Å². The molecule has 128 valence electrons. The standard InChI is InChI=1S/C18H17N3O3S/c1-24-15-9-5-2-6-12(15)10-21-17(23)13-7-3-4-8-14(13)20-18(21)25-11-16(19)22/h2-9H,10-11H2,1H3,(H2,19,22). The molecule has 7 heteroatoms. The average Bonchev–Trinajstić information content (AvgIpc) is 2.63. The minimum absolute atomic E-state index is 0.0523. The van der Waals surface area contributed by atoms with Gasteiger partial charge in [-0.1, -0.05) is 42.1 Å². The van der Waals surface area contributed by atoms with E-state index in [9.17, 15) is 9.59 Å². The number of benzene rings is 2. The number of carbonyl (C=O) groups is 1. The van der Waals surface area contributed by atoms with Gasteiger partial charge in [-0.15, -0.1) is 0 Å². The van der Waals surface area contributed by atoms with Crippen LogP contribution >= 0.6 is 11.8 Å². The first-order chi connectivity index (χ1) is 12.1. The lowest BCUT2D eigenvalue weighted by molar-refractivity contribution is -0.115. The predicted octanol–water partition coefficient (Wildman–Crippen LogP) is 2.03. The van der Waals surface area contributed by atoms with Crippen LogP contribution < -0.4 is 16.0 Å². The van der Waals surface area contributed by atoms with Gasteiger partial charge in [0, 0.05) is 5.56 Å². The Balaban J connectivity index is 2.13. The second kappa shape index (κ2) is 7.40. The number of rotatable bonds is 6. The van der Waals surface area contributed by atoms with E-state index in [1.807, 2.05) is 30.3 Å². The molecule has 0 unspecified atom stereocenters. The van der Waals surface area contributed by atoms with Crippen molar-refractivity contribution in [1.82, 2.24) is 9.55 Å². The fraction of sp³-hybridized carbons (Fsp3) is 0.167. The van der Waals surface area contributed by atoms with Crippen LogP contribution in [0.3, 0.4) is 0 Å². The Labute approximate surface area is 148 Å². The number of fused-ring (bicyclic) bond motifs is 1. The summed E-state index contributed by atoms with van der Waals surface area (Å²) in [4.78, 5) is 28.6. The number of hydrogen-bond donors (Lipinski definition) is 1. The van der Waals surface area contributed by atoms with Crippen molar-refractivity contribution in [2.24, 2.45) is 5.73 Å². The third-order valence-electron chi connectivity index (χ3n) is 3.69. The topological polar surface area (TPSA) is 87.2 Å². The number of aromatic nitrogens is 2. The SMILES string of the molecule is COc1ccccc1Cn1c(SCC(N)=O)nc2ccccc2c1=O. The van der Waals surface area contributed by atoms with Crippen LogP contribution in [-0.2, 0) is 11.3 Å². The van der Waals surface area contributed by atoms with Crippen molar-refractivity contribution in [1.29, 1.82) is 0 Å². The van der Waals surface area contributed by atoms with E-state index in [0.717, 1.165) is 17.3 Å². The van der Waals surface area contributed by atoms with E-state index in [2.05, 4.69) is 4.98 Å². The van der Waals surface area contributed by atoms with Crippen molar-refractivity contribution < 1.29 is 9.53 Å². The van der Waals surface area contributed by atoms with Crippen LogP contribution in [0.1, 0.15) is 5.56 Å². The molecule has 6 nitrogen and oxygen atoms in total. The van der Waals surface area contributed by atoms with Crippen molar-refractivity contribution >= 4 is 28.6 Å². The van der Waals surface area contributed by atoms with Crippen molar-refractivity contribution in [2.45, 2.75) is 11.7 Å². The first-order valence-electron chi connectivity index (χ1n) is 7.62. The summed E-state index contributed by atoms with van der Waals surface area (Å²) in [5.41, 5.74) is 6.53. The second-order valence-corrected chi connectivity index (χ2v) is 6.31. The van der Waals surface area contributed by atoms with Crippen LogP contribution in [0.4, 0.5) is 0 Å². The Hall–Kier alpha value is -2.80. The van der Waals surface area contributed by atoms with Crippen molar-refractivity contribution in [2.75, 3.05) is 12.9 Å². The van der Waals surface area contributed by atoms with E-state index in [1.54, 1.807) is 29.9 Å². The molecule has 0 atom stereocenters. The zero-order valence-electron chi connectivity index (χ0n) is 13.6. The van der Waals surface area contributed by atoms with Crippen LogP contribution in [0.25, 0.3) is 10.9 Å². The molecule has 0 fully saturated rings. The summed E-state index contributed by atoms with van der Waals surface area (Å²) >= 11 is 1.15. The first kappa shape index (κ1) is 17.0. The zero-order valence-corrected chi connectivity index (χ0v) is 14.5. The van der Waals surface area contributed by atoms with Gasteiger partial charge in [0.25, 0.3) is 5.56 Å². The molecular weight excluding hydrogens is 338 g/mol. The van der Waals surface area contributed by atoms with Crippen LogP contribution in [0.5, 0.6) is 5.75 Å². The Morgan fingerprint density at radius 2 is 1.92 bits per heavy atom. The molecule has 1 heterocycles. The lowest BCUT2D eigenvalue weighted by Gasteiger charge is -2.14. The normalized spacial score (nSPS) is 10.8. The quantitative estimate of drug-likeness (QED) is 0.540. The highest BCUT2D eigenvalue weighted by Gasteiger charge is 2.14. The highest BCUT2D eigenvalue weighted by molar-refractivity contribution is 7.99. The molecule has 1 amide bonds. The number of amides is 1.